The molecule has 2 rings (SSSR count). The third-order valence-electron chi connectivity index (χ3n) is 4.57. The molecule has 0 saturated heterocycles. The highest BCUT2D eigenvalue weighted by Gasteiger charge is 2.24. The van der Waals surface area contributed by atoms with Gasteiger partial charge in [0.1, 0.15) is 0 Å². The van der Waals surface area contributed by atoms with Gasteiger partial charge in [-0.25, -0.2) is 0 Å². The molecule has 0 aromatic heterocycles. The average molecular weight is 267 g/mol. The first-order valence-corrected chi connectivity index (χ1v) is 8.59. The molecule has 112 valence electrons. The van der Waals surface area contributed by atoms with Gasteiger partial charge >= 0.3 is 0 Å². The summed E-state index contributed by atoms with van der Waals surface area (Å²) in [5.41, 5.74) is 0. The van der Waals surface area contributed by atoms with E-state index in [9.17, 15) is 0 Å². The van der Waals surface area contributed by atoms with E-state index in [1.165, 1.54) is 64.3 Å². The number of unbranched alkanes of at least 4 members (excludes halogenated alkanes) is 3. The van der Waals surface area contributed by atoms with Gasteiger partial charge in [-0.3, -0.25) is 0 Å². The van der Waals surface area contributed by atoms with Gasteiger partial charge in [-0.2, -0.15) is 0 Å². The second-order valence-corrected chi connectivity index (χ2v) is 7.05. The van der Waals surface area contributed by atoms with Crippen LogP contribution in [-0.4, -0.2) is 25.3 Å². The summed E-state index contributed by atoms with van der Waals surface area (Å²) in [6, 6.07) is 0.874. The van der Waals surface area contributed by atoms with E-state index in [-0.39, 0.29) is 0 Å². The van der Waals surface area contributed by atoms with Crippen LogP contribution in [0.15, 0.2) is 0 Å². The lowest BCUT2D eigenvalue weighted by atomic mass is 9.82. The molecular formula is C17H33NO. The van der Waals surface area contributed by atoms with Crippen molar-refractivity contribution in [3.8, 4) is 0 Å². The van der Waals surface area contributed by atoms with Crippen LogP contribution in [0.25, 0.3) is 0 Å². The van der Waals surface area contributed by atoms with E-state index in [0.717, 1.165) is 24.5 Å². The Balaban J connectivity index is 1.38. The Hall–Kier alpha value is -0.0800. The monoisotopic (exact) mass is 267 g/mol. The highest BCUT2D eigenvalue weighted by atomic mass is 16.5. The molecule has 0 heterocycles. The number of nitrogens with one attached hydrogen (secondary N) is 1. The molecule has 2 fully saturated rings. The fourth-order valence-electron chi connectivity index (χ4n) is 3.43. The van der Waals surface area contributed by atoms with Crippen molar-refractivity contribution in [3.63, 3.8) is 0 Å². The lowest BCUT2D eigenvalue weighted by Crippen LogP contribution is -2.26. The van der Waals surface area contributed by atoms with Crippen molar-refractivity contribution in [3.05, 3.63) is 0 Å². The Labute approximate surface area is 119 Å². The maximum Gasteiger partial charge on any atom is 0.0580 e. The first-order chi connectivity index (χ1) is 9.24. The molecule has 2 nitrogen and oxygen atoms in total. The predicted molar refractivity (Wildman–Crippen MR) is 81.4 cm³/mol. The molecule has 0 amide bonds. The lowest BCUT2D eigenvalue weighted by Gasteiger charge is -2.31. The van der Waals surface area contributed by atoms with Gasteiger partial charge in [-0.1, -0.05) is 26.7 Å². The Morgan fingerprint density at radius 3 is 2.26 bits per heavy atom. The minimum absolute atomic E-state index is 0.551. The smallest absolute Gasteiger partial charge is 0.0580 e. The zero-order chi connectivity index (χ0) is 13.5. The van der Waals surface area contributed by atoms with Crippen LogP contribution >= 0.6 is 0 Å². The lowest BCUT2D eigenvalue weighted by molar-refractivity contribution is -0.000617. The maximum atomic E-state index is 6.06. The zero-order valence-corrected chi connectivity index (χ0v) is 13.0. The van der Waals surface area contributed by atoms with Crippen LogP contribution < -0.4 is 5.32 Å². The van der Waals surface area contributed by atoms with Gasteiger partial charge in [0.2, 0.25) is 0 Å². The second-order valence-electron chi connectivity index (χ2n) is 7.05. The summed E-state index contributed by atoms with van der Waals surface area (Å²) in [7, 11) is 0. The van der Waals surface area contributed by atoms with Crippen molar-refractivity contribution in [1.29, 1.82) is 0 Å². The highest BCUT2D eigenvalue weighted by molar-refractivity contribution is 4.80. The average Bonchev–Trinajstić information content (AvgIpc) is 3.15. The van der Waals surface area contributed by atoms with Gasteiger partial charge in [0.25, 0.3) is 0 Å². The van der Waals surface area contributed by atoms with Gasteiger partial charge < -0.3 is 10.1 Å². The van der Waals surface area contributed by atoms with Gasteiger partial charge in [-0.15, -0.1) is 0 Å². The third kappa shape index (κ3) is 6.76. The van der Waals surface area contributed by atoms with Crippen LogP contribution in [0.5, 0.6) is 0 Å². The van der Waals surface area contributed by atoms with Crippen LogP contribution in [0.3, 0.4) is 0 Å². The van der Waals surface area contributed by atoms with Crippen LogP contribution in [-0.2, 0) is 4.74 Å². The van der Waals surface area contributed by atoms with Crippen molar-refractivity contribution >= 4 is 0 Å². The highest BCUT2D eigenvalue weighted by Crippen LogP contribution is 2.30. The molecule has 0 bridgehead atoms. The normalized spacial score (nSPS) is 31.6. The Kier molecular flexibility index (Phi) is 6.66. The molecule has 0 radical (unpaired) electrons. The number of hydrogen-bond acceptors (Lipinski definition) is 2. The summed E-state index contributed by atoms with van der Waals surface area (Å²) in [6.07, 6.45) is 12.6. The summed E-state index contributed by atoms with van der Waals surface area (Å²) in [5.74, 6) is 1.73. The zero-order valence-electron chi connectivity index (χ0n) is 13.0. The fraction of sp³-hybridized carbons (Fsp3) is 1.00. The molecule has 2 unspecified atom stereocenters. The maximum absolute atomic E-state index is 6.06. The van der Waals surface area contributed by atoms with Crippen LogP contribution in [0.2, 0.25) is 0 Å². The van der Waals surface area contributed by atoms with E-state index in [1.54, 1.807) is 0 Å². The molecule has 2 aliphatic rings. The molecule has 1 N–H and O–H groups in total. The van der Waals surface area contributed by atoms with Crippen molar-refractivity contribution in [1.82, 2.24) is 5.32 Å². The van der Waals surface area contributed by atoms with Crippen LogP contribution in [0, 0.1) is 11.8 Å². The number of ether oxygens (including phenoxy) is 1. The predicted octanol–water partition coefficient (Wildman–Crippen LogP) is 4.14. The van der Waals surface area contributed by atoms with Gasteiger partial charge in [0.05, 0.1) is 6.10 Å². The topological polar surface area (TPSA) is 21.3 Å². The summed E-state index contributed by atoms with van der Waals surface area (Å²) < 4.78 is 6.06. The van der Waals surface area contributed by atoms with E-state index >= 15 is 0 Å². The summed E-state index contributed by atoms with van der Waals surface area (Å²) in [6.45, 7) is 6.96. The standard InChI is InChI=1S/C17H33NO/c1-14-11-15(2)13-17(12-14)19-10-6-4-3-5-9-18-16-7-8-16/h14-18H,3-13H2,1-2H3. The molecular weight excluding hydrogens is 234 g/mol. The first kappa shape index (κ1) is 15.3. The molecule has 19 heavy (non-hydrogen) atoms. The third-order valence-corrected chi connectivity index (χ3v) is 4.57. The second kappa shape index (κ2) is 8.26. The number of rotatable bonds is 9. The molecule has 2 heteroatoms. The van der Waals surface area contributed by atoms with Gasteiger partial charge in [0, 0.05) is 12.6 Å². The molecule has 0 aliphatic heterocycles. The van der Waals surface area contributed by atoms with Gasteiger partial charge in [-0.05, 0) is 63.3 Å². The Morgan fingerprint density at radius 1 is 0.895 bits per heavy atom. The molecule has 0 aromatic rings. The number of hydrogen-bond donors (Lipinski definition) is 1. The molecule has 0 aromatic carbocycles. The minimum atomic E-state index is 0.551. The molecule has 2 saturated carbocycles. The van der Waals surface area contributed by atoms with Crippen molar-refractivity contribution < 1.29 is 4.74 Å². The van der Waals surface area contributed by atoms with Gasteiger partial charge in [0.15, 0.2) is 0 Å². The van der Waals surface area contributed by atoms with Crippen LogP contribution in [0.1, 0.15) is 71.6 Å². The Bertz CT molecular complexity index is 229. The molecule has 2 atom stereocenters. The fourth-order valence-corrected chi connectivity index (χ4v) is 3.43. The molecule has 2 aliphatic carbocycles. The van der Waals surface area contributed by atoms with E-state index in [2.05, 4.69) is 19.2 Å². The first-order valence-electron chi connectivity index (χ1n) is 8.59. The van der Waals surface area contributed by atoms with Crippen molar-refractivity contribution in [2.45, 2.75) is 83.8 Å². The van der Waals surface area contributed by atoms with Crippen molar-refractivity contribution in [2.75, 3.05) is 13.2 Å². The SMILES string of the molecule is CC1CC(C)CC(OCCCCCCNC2CC2)C1. The van der Waals surface area contributed by atoms with E-state index < -0.39 is 0 Å². The van der Waals surface area contributed by atoms with Crippen LogP contribution in [0.4, 0.5) is 0 Å². The summed E-state index contributed by atoms with van der Waals surface area (Å²) >= 11 is 0. The van der Waals surface area contributed by atoms with E-state index in [0.29, 0.717) is 6.10 Å². The minimum Gasteiger partial charge on any atom is -0.378 e. The quantitative estimate of drug-likeness (QED) is 0.634. The Morgan fingerprint density at radius 2 is 1.58 bits per heavy atom. The summed E-state index contributed by atoms with van der Waals surface area (Å²) in [4.78, 5) is 0. The molecule has 0 spiro atoms. The van der Waals surface area contributed by atoms with E-state index in [1.807, 2.05) is 0 Å². The largest absolute Gasteiger partial charge is 0.378 e. The summed E-state index contributed by atoms with van der Waals surface area (Å²) in [5, 5.41) is 3.58. The van der Waals surface area contributed by atoms with Crippen molar-refractivity contribution in [2.24, 2.45) is 11.8 Å². The van der Waals surface area contributed by atoms with E-state index in [4.69, 9.17) is 4.74 Å².